The third-order valence-electron chi connectivity index (χ3n) is 3.50. The first-order valence-electron chi connectivity index (χ1n) is 7.18. The second kappa shape index (κ2) is 6.05. The molecule has 106 valence electrons. The standard InChI is InChI=1S/C15H20N4O/c1-2-7-19-15(17-11-18-19)10-16-9-13-8-12-5-3-4-6-14(12)20-13/h3-6,11,13,16H,2,7-10H2,1H3. The molecule has 20 heavy (non-hydrogen) atoms. The molecule has 0 bridgehead atoms. The summed E-state index contributed by atoms with van der Waals surface area (Å²) in [6.07, 6.45) is 3.88. The number of fused-ring (bicyclic) bond motifs is 1. The summed E-state index contributed by atoms with van der Waals surface area (Å²) < 4.78 is 7.85. The minimum Gasteiger partial charge on any atom is -0.488 e. The number of benzene rings is 1. The van der Waals surface area contributed by atoms with Crippen LogP contribution in [-0.4, -0.2) is 27.4 Å². The van der Waals surface area contributed by atoms with Crippen LogP contribution in [0.5, 0.6) is 5.75 Å². The fourth-order valence-electron chi connectivity index (χ4n) is 2.54. The van der Waals surface area contributed by atoms with Crippen LogP contribution in [0.25, 0.3) is 0 Å². The Hall–Kier alpha value is -1.88. The van der Waals surface area contributed by atoms with E-state index in [2.05, 4.69) is 34.5 Å². The van der Waals surface area contributed by atoms with E-state index in [1.807, 2.05) is 16.8 Å². The summed E-state index contributed by atoms with van der Waals surface area (Å²) in [6, 6.07) is 8.24. The van der Waals surface area contributed by atoms with E-state index >= 15 is 0 Å². The molecule has 0 aliphatic carbocycles. The number of rotatable bonds is 6. The summed E-state index contributed by atoms with van der Waals surface area (Å²) >= 11 is 0. The van der Waals surface area contributed by atoms with Crippen molar-refractivity contribution in [3.63, 3.8) is 0 Å². The monoisotopic (exact) mass is 272 g/mol. The van der Waals surface area contributed by atoms with E-state index in [9.17, 15) is 0 Å². The molecule has 0 fully saturated rings. The lowest BCUT2D eigenvalue weighted by molar-refractivity contribution is 0.226. The Kier molecular flexibility index (Phi) is 3.97. The third kappa shape index (κ3) is 2.82. The van der Waals surface area contributed by atoms with Gasteiger partial charge in [-0.1, -0.05) is 25.1 Å². The maximum absolute atomic E-state index is 5.90. The van der Waals surface area contributed by atoms with Crippen molar-refractivity contribution in [3.05, 3.63) is 42.0 Å². The third-order valence-corrected chi connectivity index (χ3v) is 3.50. The predicted molar refractivity (Wildman–Crippen MR) is 76.6 cm³/mol. The Bertz CT molecular complexity index is 542. The number of para-hydroxylation sites is 1. The van der Waals surface area contributed by atoms with Crippen LogP contribution in [0.1, 0.15) is 24.7 Å². The predicted octanol–water partition coefficient (Wildman–Crippen LogP) is 1.78. The molecule has 1 unspecified atom stereocenters. The van der Waals surface area contributed by atoms with Crippen molar-refractivity contribution in [2.45, 2.75) is 39.0 Å². The van der Waals surface area contributed by atoms with E-state index in [-0.39, 0.29) is 6.10 Å². The van der Waals surface area contributed by atoms with Gasteiger partial charge in [-0.2, -0.15) is 5.10 Å². The van der Waals surface area contributed by atoms with E-state index < -0.39 is 0 Å². The Balaban J connectivity index is 1.48. The molecule has 5 heteroatoms. The van der Waals surface area contributed by atoms with Gasteiger partial charge in [-0.3, -0.25) is 0 Å². The summed E-state index contributed by atoms with van der Waals surface area (Å²) in [7, 11) is 0. The average Bonchev–Trinajstić information content (AvgIpc) is 3.06. The van der Waals surface area contributed by atoms with Crippen LogP contribution in [0, 0.1) is 0 Å². The van der Waals surface area contributed by atoms with Gasteiger partial charge in [0.15, 0.2) is 0 Å². The maximum Gasteiger partial charge on any atom is 0.140 e. The molecule has 0 saturated carbocycles. The summed E-state index contributed by atoms with van der Waals surface area (Å²) in [4.78, 5) is 4.29. The lowest BCUT2D eigenvalue weighted by atomic mass is 10.1. The van der Waals surface area contributed by atoms with E-state index in [0.29, 0.717) is 0 Å². The highest BCUT2D eigenvalue weighted by Gasteiger charge is 2.21. The Morgan fingerprint density at radius 2 is 2.30 bits per heavy atom. The molecule has 5 nitrogen and oxygen atoms in total. The van der Waals surface area contributed by atoms with Crippen LogP contribution in [0.2, 0.25) is 0 Å². The van der Waals surface area contributed by atoms with Gasteiger partial charge in [-0.05, 0) is 18.1 Å². The summed E-state index contributed by atoms with van der Waals surface area (Å²) in [5, 5.41) is 7.64. The highest BCUT2D eigenvalue weighted by atomic mass is 16.5. The zero-order chi connectivity index (χ0) is 13.8. The molecule has 1 aliphatic heterocycles. The molecular formula is C15H20N4O. The summed E-state index contributed by atoms with van der Waals surface area (Å²) in [5.74, 6) is 2.01. The Labute approximate surface area is 119 Å². The molecule has 1 aromatic carbocycles. The van der Waals surface area contributed by atoms with Crippen LogP contribution >= 0.6 is 0 Å². The minimum atomic E-state index is 0.218. The maximum atomic E-state index is 5.90. The van der Waals surface area contributed by atoms with Crippen molar-refractivity contribution in [2.75, 3.05) is 6.54 Å². The summed E-state index contributed by atoms with van der Waals surface area (Å²) in [5.41, 5.74) is 1.30. The zero-order valence-electron chi connectivity index (χ0n) is 11.7. The van der Waals surface area contributed by atoms with Crippen molar-refractivity contribution >= 4 is 0 Å². The number of nitrogens with zero attached hydrogens (tertiary/aromatic N) is 3. The number of aromatic nitrogens is 3. The van der Waals surface area contributed by atoms with Gasteiger partial charge >= 0.3 is 0 Å². The number of aryl methyl sites for hydroxylation is 1. The van der Waals surface area contributed by atoms with Gasteiger partial charge in [0, 0.05) is 19.5 Å². The van der Waals surface area contributed by atoms with Gasteiger partial charge in [0.2, 0.25) is 0 Å². The first-order valence-corrected chi connectivity index (χ1v) is 7.18. The van der Waals surface area contributed by atoms with Crippen molar-refractivity contribution in [1.29, 1.82) is 0 Å². The normalized spacial score (nSPS) is 16.9. The quantitative estimate of drug-likeness (QED) is 0.871. The zero-order valence-corrected chi connectivity index (χ0v) is 11.7. The Morgan fingerprint density at radius 1 is 1.40 bits per heavy atom. The molecule has 0 saturated heterocycles. The van der Waals surface area contributed by atoms with Gasteiger partial charge in [-0.15, -0.1) is 0 Å². The fraction of sp³-hybridized carbons (Fsp3) is 0.467. The van der Waals surface area contributed by atoms with Crippen LogP contribution in [0.15, 0.2) is 30.6 Å². The first kappa shape index (κ1) is 13.1. The molecular weight excluding hydrogens is 252 g/mol. The highest BCUT2D eigenvalue weighted by molar-refractivity contribution is 5.37. The van der Waals surface area contributed by atoms with Crippen LogP contribution in [0.4, 0.5) is 0 Å². The second-order valence-electron chi connectivity index (χ2n) is 5.08. The molecule has 1 aliphatic rings. The van der Waals surface area contributed by atoms with Gasteiger partial charge < -0.3 is 10.1 Å². The largest absolute Gasteiger partial charge is 0.488 e. The fourth-order valence-corrected chi connectivity index (χ4v) is 2.54. The Morgan fingerprint density at radius 3 is 3.15 bits per heavy atom. The number of ether oxygens (including phenoxy) is 1. The first-order chi connectivity index (χ1) is 9.86. The summed E-state index contributed by atoms with van der Waals surface area (Å²) in [6.45, 7) is 4.62. The molecule has 2 heterocycles. The van der Waals surface area contributed by atoms with Gasteiger partial charge in [0.05, 0.1) is 6.54 Å². The number of nitrogens with one attached hydrogen (secondary N) is 1. The SMILES string of the molecule is CCCn1ncnc1CNCC1Cc2ccccc2O1. The van der Waals surface area contributed by atoms with E-state index in [0.717, 1.165) is 44.0 Å². The van der Waals surface area contributed by atoms with E-state index in [4.69, 9.17) is 4.74 Å². The molecule has 0 radical (unpaired) electrons. The van der Waals surface area contributed by atoms with Crippen molar-refractivity contribution < 1.29 is 4.74 Å². The topological polar surface area (TPSA) is 52.0 Å². The van der Waals surface area contributed by atoms with Crippen molar-refractivity contribution in [1.82, 2.24) is 20.1 Å². The molecule has 1 aromatic heterocycles. The molecule has 1 atom stereocenters. The van der Waals surface area contributed by atoms with Crippen LogP contribution in [-0.2, 0) is 19.5 Å². The number of hydrogen-bond donors (Lipinski definition) is 1. The van der Waals surface area contributed by atoms with E-state index in [1.165, 1.54) is 5.56 Å². The molecule has 0 spiro atoms. The van der Waals surface area contributed by atoms with Crippen molar-refractivity contribution in [3.8, 4) is 5.75 Å². The van der Waals surface area contributed by atoms with Crippen LogP contribution < -0.4 is 10.1 Å². The van der Waals surface area contributed by atoms with E-state index in [1.54, 1.807) is 6.33 Å². The van der Waals surface area contributed by atoms with Gasteiger partial charge in [-0.25, -0.2) is 9.67 Å². The average molecular weight is 272 g/mol. The molecule has 2 aromatic rings. The lowest BCUT2D eigenvalue weighted by Crippen LogP contribution is -2.30. The van der Waals surface area contributed by atoms with Crippen LogP contribution in [0.3, 0.4) is 0 Å². The molecule has 3 rings (SSSR count). The smallest absolute Gasteiger partial charge is 0.140 e. The van der Waals surface area contributed by atoms with Gasteiger partial charge in [0.25, 0.3) is 0 Å². The van der Waals surface area contributed by atoms with Gasteiger partial charge in [0.1, 0.15) is 24.0 Å². The molecule has 0 amide bonds. The second-order valence-corrected chi connectivity index (χ2v) is 5.08. The number of hydrogen-bond acceptors (Lipinski definition) is 4. The lowest BCUT2D eigenvalue weighted by Gasteiger charge is -2.12. The highest BCUT2D eigenvalue weighted by Crippen LogP contribution is 2.27. The van der Waals surface area contributed by atoms with Crippen molar-refractivity contribution in [2.24, 2.45) is 0 Å². The minimum absolute atomic E-state index is 0.218. The molecule has 1 N–H and O–H groups in total.